The summed E-state index contributed by atoms with van der Waals surface area (Å²) in [5.74, 6) is -1.43. The van der Waals surface area contributed by atoms with Crippen LogP contribution < -0.4 is 5.32 Å². The van der Waals surface area contributed by atoms with Gasteiger partial charge in [0.2, 0.25) is 0 Å². The Morgan fingerprint density at radius 2 is 2.05 bits per heavy atom. The molecule has 0 aliphatic heterocycles. The van der Waals surface area contributed by atoms with Gasteiger partial charge in [0, 0.05) is 39.5 Å². The highest BCUT2D eigenvalue weighted by Gasteiger charge is 2.21. The number of hydrogen-bond donors (Lipinski definition) is 1. The highest BCUT2D eigenvalue weighted by atomic mass is 35.7. The molecule has 1 amide bonds. The Hall–Kier alpha value is -0.990. The number of carbonyl (C=O) groups is 1. The van der Waals surface area contributed by atoms with Crippen molar-refractivity contribution in [3.05, 3.63) is 29.1 Å². The second-order valence-electron chi connectivity index (χ2n) is 4.65. The van der Waals surface area contributed by atoms with Gasteiger partial charge in [-0.2, -0.15) is 0 Å². The lowest BCUT2D eigenvalue weighted by Gasteiger charge is -2.14. The molecule has 1 rings (SSSR count). The molecule has 0 heterocycles. The maximum Gasteiger partial charge on any atom is 0.261 e. The van der Waals surface area contributed by atoms with Gasteiger partial charge in [0.1, 0.15) is 5.82 Å². The molecule has 118 valence electrons. The van der Waals surface area contributed by atoms with Gasteiger partial charge in [-0.15, -0.1) is 0 Å². The first-order valence-corrected chi connectivity index (χ1v) is 9.91. The lowest BCUT2D eigenvalue weighted by molar-refractivity contribution is 0.0939. The van der Waals surface area contributed by atoms with Crippen molar-refractivity contribution in [2.45, 2.75) is 24.8 Å². The van der Waals surface area contributed by atoms with Gasteiger partial charge < -0.3 is 5.32 Å². The predicted molar refractivity (Wildman–Crippen MR) is 80.0 cm³/mol. The molecule has 1 aromatic carbocycles. The van der Waals surface area contributed by atoms with Crippen molar-refractivity contribution < 1.29 is 21.8 Å². The van der Waals surface area contributed by atoms with Crippen molar-refractivity contribution in [3.63, 3.8) is 0 Å². The van der Waals surface area contributed by atoms with E-state index in [1.165, 1.54) is 13.2 Å². The molecule has 0 aliphatic carbocycles. The van der Waals surface area contributed by atoms with Gasteiger partial charge in [0.25, 0.3) is 15.0 Å². The highest BCUT2D eigenvalue weighted by molar-refractivity contribution is 8.13. The highest BCUT2D eigenvalue weighted by Crippen LogP contribution is 2.23. The maximum atomic E-state index is 13.8. The number of rotatable bonds is 5. The van der Waals surface area contributed by atoms with E-state index < -0.39 is 43.2 Å². The minimum atomic E-state index is -4.08. The summed E-state index contributed by atoms with van der Waals surface area (Å²) in [4.78, 5) is 11.6. The molecule has 0 saturated heterocycles. The van der Waals surface area contributed by atoms with Crippen LogP contribution in [0.1, 0.15) is 22.8 Å². The van der Waals surface area contributed by atoms with E-state index in [0.29, 0.717) is 0 Å². The summed E-state index contributed by atoms with van der Waals surface area (Å²) >= 11 is 0. The van der Waals surface area contributed by atoms with E-state index in [1.807, 2.05) is 0 Å². The van der Waals surface area contributed by atoms with E-state index in [-0.39, 0.29) is 16.2 Å². The molecule has 0 saturated carbocycles. The van der Waals surface area contributed by atoms with Gasteiger partial charge in [0.15, 0.2) is 0 Å². The van der Waals surface area contributed by atoms with E-state index >= 15 is 0 Å². The molecule has 0 spiro atoms. The van der Waals surface area contributed by atoms with Crippen LogP contribution in [0.15, 0.2) is 17.0 Å². The molecule has 2 atom stereocenters. The van der Waals surface area contributed by atoms with Crippen LogP contribution in [0.3, 0.4) is 0 Å². The Morgan fingerprint density at radius 3 is 2.52 bits per heavy atom. The number of halogens is 2. The third-order valence-electron chi connectivity index (χ3n) is 2.63. The van der Waals surface area contributed by atoms with Gasteiger partial charge in [-0.05, 0) is 31.5 Å². The van der Waals surface area contributed by atoms with Crippen LogP contribution in [-0.4, -0.2) is 36.6 Å². The molecule has 21 heavy (non-hydrogen) atoms. The molecule has 0 aromatic heterocycles. The van der Waals surface area contributed by atoms with E-state index in [9.17, 15) is 21.8 Å². The average Bonchev–Trinajstić information content (AvgIpc) is 2.24. The van der Waals surface area contributed by atoms with Gasteiger partial charge in [-0.3, -0.25) is 9.00 Å². The zero-order valence-electron chi connectivity index (χ0n) is 11.6. The van der Waals surface area contributed by atoms with E-state index in [1.54, 1.807) is 6.92 Å². The summed E-state index contributed by atoms with van der Waals surface area (Å²) in [7, 11) is 0.0470. The van der Waals surface area contributed by atoms with Gasteiger partial charge in [-0.25, -0.2) is 12.8 Å². The standard InChI is InChI=1S/C12H15ClFNO4S2/c1-7-4-10(14)9(5-11(7)21(13,18)19)12(16)15-8(2)6-20(3)17/h4-5,8H,6H2,1-3H3,(H,15,16). The molecule has 2 unspecified atom stereocenters. The number of benzene rings is 1. The minimum absolute atomic E-state index is 0.113. The Bertz CT molecular complexity index is 691. The Morgan fingerprint density at radius 1 is 1.48 bits per heavy atom. The SMILES string of the molecule is Cc1cc(F)c(C(=O)NC(C)CS(C)=O)cc1S(=O)(=O)Cl. The van der Waals surface area contributed by atoms with Crippen molar-refractivity contribution in [1.29, 1.82) is 0 Å². The van der Waals surface area contributed by atoms with Crippen molar-refractivity contribution in [3.8, 4) is 0 Å². The summed E-state index contributed by atoms with van der Waals surface area (Å²) in [5.41, 5.74) is -0.310. The Kier molecular flexibility index (Phi) is 5.89. The molecular formula is C12H15ClFNO4S2. The molecule has 1 aromatic rings. The van der Waals surface area contributed by atoms with E-state index in [0.717, 1.165) is 12.1 Å². The summed E-state index contributed by atoms with van der Waals surface area (Å²) < 4.78 is 47.6. The normalized spacial score (nSPS) is 14.5. The Labute approximate surface area is 129 Å². The molecular weight excluding hydrogens is 341 g/mol. The van der Waals surface area contributed by atoms with E-state index in [2.05, 4.69) is 5.32 Å². The molecule has 0 aliphatic rings. The fraction of sp³-hybridized carbons (Fsp3) is 0.417. The van der Waals surface area contributed by atoms with Crippen LogP contribution in [0.25, 0.3) is 0 Å². The zero-order chi connectivity index (χ0) is 16.4. The average molecular weight is 356 g/mol. The van der Waals surface area contributed by atoms with Crippen LogP contribution >= 0.6 is 10.7 Å². The van der Waals surface area contributed by atoms with Crippen molar-refractivity contribution in [1.82, 2.24) is 5.32 Å². The second-order valence-corrected chi connectivity index (χ2v) is 8.66. The molecule has 1 N–H and O–H groups in total. The summed E-state index contributed by atoms with van der Waals surface area (Å²) in [6.45, 7) is 2.99. The third-order valence-corrected chi connectivity index (χ3v) is 5.07. The number of nitrogens with one attached hydrogen (secondary N) is 1. The Balaban J connectivity index is 3.13. The number of carbonyl (C=O) groups excluding carboxylic acids is 1. The summed E-state index contributed by atoms with van der Waals surface area (Å²) in [5, 5.41) is 2.46. The van der Waals surface area contributed by atoms with Crippen LogP contribution in [-0.2, 0) is 19.9 Å². The van der Waals surface area contributed by atoms with Gasteiger partial charge in [0.05, 0.1) is 10.5 Å². The first kappa shape index (κ1) is 18.1. The molecule has 9 heteroatoms. The lowest BCUT2D eigenvalue weighted by Crippen LogP contribution is -2.36. The first-order chi connectivity index (χ1) is 9.52. The molecule has 0 bridgehead atoms. The second kappa shape index (κ2) is 6.85. The van der Waals surface area contributed by atoms with E-state index in [4.69, 9.17) is 10.7 Å². The third kappa shape index (κ3) is 5.05. The van der Waals surface area contributed by atoms with Crippen LogP contribution in [0.5, 0.6) is 0 Å². The fourth-order valence-electron chi connectivity index (χ4n) is 1.78. The largest absolute Gasteiger partial charge is 0.349 e. The van der Waals surface area contributed by atoms with Gasteiger partial charge in [-0.1, -0.05) is 0 Å². The quantitative estimate of drug-likeness (QED) is 0.813. The van der Waals surface area contributed by atoms with Crippen molar-refractivity contribution in [2.24, 2.45) is 0 Å². The maximum absolute atomic E-state index is 13.8. The first-order valence-electron chi connectivity index (χ1n) is 5.88. The number of amides is 1. The van der Waals surface area contributed by atoms with Crippen LogP contribution in [0.4, 0.5) is 4.39 Å². The molecule has 0 radical (unpaired) electrons. The number of hydrogen-bond acceptors (Lipinski definition) is 4. The predicted octanol–water partition coefficient (Wildman–Crippen LogP) is 1.56. The fourth-order valence-corrected chi connectivity index (χ4v) is 3.77. The number of aryl methyl sites for hydroxylation is 1. The smallest absolute Gasteiger partial charge is 0.261 e. The van der Waals surface area contributed by atoms with Crippen molar-refractivity contribution in [2.75, 3.05) is 12.0 Å². The zero-order valence-corrected chi connectivity index (χ0v) is 14.0. The lowest BCUT2D eigenvalue weighted by atomic mass is 10.1. The van der Waals surface area contributed by atoms with Gasteiger partial charge >= 0.3 is 0 Å². The minimum Gasteiger partial charge on any atom is -0.349 e. The molecule has 5 nitrogen and oxygen atoms in total. The summed E-state index contributed by atoms with van der Waals surface area (Å²) in [6.07, 6.45) is 1.48. The van der Waals surface area contributed by atoms with Crippen LogP contribution in [0, 0.1) is 12.7 Å². The topological polar surface area (TPSA) is 80.3 Å². The van der Waals surface area contributed by atoms with Crippen LogP contribution in [0.2, 0.25) is 0 Å². The summed E-state index contributed by atoms with van der Waals surface area (Å²) in [6, 6.07) is 1.39. The van der Waals surface area contributed by atoms with Crippen molar-refractivity contribution >= 4 is 36.4 Å². The monoisotopic (exact) mass is 355 g/mol. The molecule has 0 fully saturated rings.